The molecule has 1 amide bonds. The first-order chi connectivity index (χ1) is 18.6. The van der Waals surface area contributed by atoms with E-state index in [1.54, 1.807) is 25.3 Å². The summed E-state index contributed by atoms with van der Waals surface area (Å²) in [4.78, 5) is 45.5. The number of ether oxygens (including phenoxy) is 3. The van der Waals surface area contributed by atoms with Crippen LogP contribution in [0.1, 0.15) is 58.9 Å². The van der Waals surface area contributed by atoms with Gasteiger partial charge in [-0.2, -0.15) is 0 Å². The summed E-state index contributed by atoms with van der Waals surface area (Å²) in [6, 6.07) is 6.95. The number of amides is 1. The maximum Gasteiger partial charge on any atom is 0.328 e. The Morgan fingerprint density at radius 2 is 1.95 bits per heavy atom. The summed E-state index contributed by atoms with van der Waals surface area (Å²) in [5, 5.41) is 1.78. The predicted octanol–water partition coefficient (Wildman–Crippen LogP) is 5.35. The lowest BCUT2D eigenvalue weighted by Crippen LogP contribution is -2.48. The van der Waals surface area contributed by atoms with Gasteiger partial charge < -0.3 is 19.1 Å². The Kier molecular flexibility index (Phi) is 10.3. The van der Waals surface area contributed by atoms with Crippen LogP contribution in [0.2, 0.25) is 0 Å². The van der Waals surface area contributed by atoms with Crippen molar-refractivity contribution in [3.05, 3.63) is 55.3 Å². The molecule has 1 aromatic heterocycles. The fraction of sp³-hybridized carbons (Fsp3) is 0.484. The van der Waals surface area contributed by atoms with E-state index in [-0.39, 0.29) is 38.5 Å². The second kappa shape index (κ2) is 13.4. The SMILES string of the molecule is C=CCCCOC(=O)C[C@H](C(=O)N1C[C@H](Oc2nccc3ccc(C=C)cc23)C[C@H]1C(=O)OCC)C(C)(C)C. The molecule has 0 spiro atoms. The molecule has 0 bridgehead atoms. The van der Waals surface area contributed by atoms with Crippen molar-refractivity contribution >= 4 is 34.7 Å². The Hall–Kier alpha value is -3.68. The van der Waals surface area contributed by atoms with Gasteiger partial charge in [0.15, 0.2) is 0 Å². The van der Waals surface area contributed by atoms with Crippen LogP contribution in [0.15, 0.2) is 49.7 Å². The van der Waals surface area contributed by atoms with Gasteiger partial charge in [0.2, 0.25) is 11.8 Å². The van der Waals surface area contributed by atoms with Gasteiger partial charge in [0.1, 0.15) is 12.1 Å². The van der Waals surface area contributed by atoms with E-state index in [0.29, 0.717) is 12.3 Å². The highest BCUT2D eigenvalue weighted by atomic mass is 16.5. The Balaban J connectivity index is 1.84. The quantitative estimate of drug-likeness (QED) is 0.205. The molecule has 1 aliphatic heterocycles. The fourth-order valence-corrected chi connectivity index (χ4v) is 4.73. The molecular weight excluding hydrogens is 496 g/mol. The minimum atomic E-state index is -0.824. The zero-order valence-corrected chi connectivity index (χ0v) is 23.5. The van der Waals surface area contributed by atoms with Crippen LogP contribution in [0.5, 0.6) is 5.88 Å². The standard InChI is InChI=1S/C31H40N2O6/c1-7-10-11-16-38-27(34)19-25(31(4,5)6)29(35)33-20-23(18-26(33)30(36)37-9-3)39-28-24-17-21(8-2)12-13-22(24)14-15-32-28/h7-8,12-15,17,23,25-26H,1-2,9-11,16,18-20H2,3-6H3/t23-,25-,26+/m1/s1. The molecular formula is C31H40N2O6. The third-order valence-electron chi connectivity index (χ3n) is 6.90. The zero-order chi connectivity index (χ0) is 28.6. The first kappa shape index (κ1) is 29.9. The average Bonchev–Trinajstić information content (AvgIpc) is 3.33. The number of hydrogen-bond donors (Lipinski definition) is 0. The van der Waals surface area contributed by atoms with E-state index in [0.717, 1.165) is 22.8 Å². The highest BCUT2D eigenvalue weighted by Crippen LogP contribution is 2.35. The molecule has 3 atom stereocenters. The van der Waals surface area contributed by atoms with Gasteiger partial charge in [-0.3, -0.25) is 9.59 Å². The summed E-state index contributed by atoms with van der Waals surface area (Å²) in [6.07, 6.45) is 6.29. The molecule has 1 fully saturated rings. The van der Waals surface area contributed by atoms with Crippen LogP contribution in [0, 0.1) is 11.3 Å². The molecule has 0 saturated carbocycles. The van der Waals surface area contributed by atoms with Crippen LogP contribution in [0.25, 0.3) is 16.8 Å². The monoisotopic (exact) mass is 536 g/mol. The maximum atomic E-state index is 13.9. The minimum absolute atomic E-state index is 0.0802. The molecule has 1 aliphatic rings. The number of likely N-dealkylation sites (tertiary alicyclic amines) is 1. The van der Waals surface area contributed by atoms with E-state index in [1.165, 1.54) is 4.90 Å². The molecule has 0 N–H and O–H groups in total. The van der Waals surface area contributed by atoms with Crippen LogP contribution in [-0.4, -0.2) is 59.6 Å². The van der Waals surface area contributed by atoms with E-state index >= 15 is 0 Å². The van der Waals surface area contributed by atoms with Crippen molar-refractivity contribution < 1.29 is 28.6 Å². The number of unbranched alkanes of at least 4 members (excludes halogenated alkanes) is 1. The van der Waals surface area contributed by atoms with E-state index < -0.39 is 35.4 Å². The number of esters is 2. The van der Waals surface area contributed by atoms with Crippen LogP contribution in [-0.2, 0) is 23.9 Å². The third-order valence-corrected chi connectivity index (χ3v) is 6.90. The van der Waals surface area contributed by atoms with Gasteiger partial charge >= 0.3 is 11.9 Å². The van der Waals surface area contributed by atoms with Crippen molar-refractivity contribution in [2.24, 2.45) is 11.3 Å². The molecule has 39 heavy (non-hydrogen) atoms. The van der Waals surface area contributed by atoms with E-state index in [9.17, 15) is 14.4 Å². The summed E-state index contributed by atoms with van der Waals surface area (Å²) >= 11 is 0. The lowest BCUT2D eigenvalue weighted by molar-refractivity contribution is -0.158. The van der Waals surface area contributed by atoms with Gasteiger partial charge in [-0.25, -0.2) is 9.78 Å². The number of carbonyl (C=O) groups is 3. The first-order valence-electron chi connectivity index (χ1n) is 13.5. The van der Waals surface area contributed by atoms with Crippen molar-refractivity contribution in [1.29, 1.82) is 0 Å². The molecule has 0 unspecified atom stereocenters. The average molecular weight is 537 g/mol. The smallest absolute Gasteiger partial charge is 0.328 e. The second-order valence-corrected chi connectivity index (χ2v) is 10.8. The first-order valence-corrected chi connectivity index (χ1v) is 13.5. The summed E-state index contributed by atoms with van der Waals surface area (Å²) in [5.41, 5.74) is 0.380. The number of pyridine rings is 1. The number of fused-ring (bicyclic) bond motifs is 1. The summed E-state index contributed by atoms with van der Waals surface area (Å²) in [5.74, 6) is -1.49. The fourth-order valence-electron chi connectivity index (χ4n) is 4.73. The second-order valence-electron chi connectivity index (χ2n) is 10.8. The van der Waals surface area contributed by atoms with Gasteiger partial charge in [-0.1, -0.05) is 51.6 Å². The Morgan fingerprint density at radius 3 is 2.62 bits per heavy atom. The molecule has 0 aliphatic carbocycles. The van der Waals surface area contributed by atoms with Crippen molar-refractivity contribution in [2.75, 3.05) is 19.8 Å². The van der Waals surface area contributed by atoms with Crippen molar-refractivity contribution in [2.45, 2.75) is 65.5 Å². The largest absolute Gasteiger partial charge is 0.472 e. The zero-order valence-electron chi connectivity index (χ0n) is 23.5. The molecule has 8 nitrogen and oxygen atoms in total. The van der Waals surface area contributed by atoms with Crippen molar-refractivity contribution in [3.63, 3.8) is 0 Å². The van der Waals surface area contributed by atoms with Gasteiger partial charge in [-0.05, 0) is 48.3 Å². The summed E-state index contributed by atoms with van der Waals surface area (Å²) < 4.78 is 17.0. The topological polar surface area (TPSA) is 95.0 Å². The maximum absolute atomic E-state index is 13.9. The lowest BCUT2D eigenvalue weighted by Gasteiger charge is -2.34. The lowest BCUT2D eigenvalue weighted by atomic mass is 9.77. The van der Waals surface area contributed by atoms with Crippen LogP contribution < -0.4 is 4.74 Å². The predicted molar refractivity (Wildman–Crippen MR) is 151 cm³/mol. The van der Waals surface area contributed by atoms with Crippen molar-refractivity contribution in [1.82, 2.24) is 9.88 Å². The molecule has 0 radical (unpaired) electrons. The molecule has 210 valence electrons. The van der Waals surface area contributed by atoms with E-state index in [1.807, 2.05) is 45.0 Å². The molecule has 3 rings (SSSR count). The molecule has 2 aromatic rings. The number of rotatable bonds is 12. The molecule has 2 heterocycles. The number of carbonyl (C=O) groups excluding carboxylic acids is 3. The summed E-state index contributed by atoms with van der Waals surface area (Å²) in [6.45, 7) is 15.6. The normalized spacial score (nSPS) is 17.9. The Bertz CT molecular complexity index is 1200. The third kappa shape index (κ3) is 7.68. The van der Waals surface area contributed by atoms with E-state index in [2.05, 4.69) is 18.1 Å². The van der Waals surface area contributed by atoms with Crippen LogP contribution in [0.3, 0.4) is 0 Å². The van der Waals surface area contributed by atoms with Crippen LogP contribution in [0.4, 0.5) is 0 Å². The van der Waals surface area contributed by atoms with Gasteiger partial charge in [-0.15, -0.1) is 6.58 Å². The number of nitrogens with zero attached hydrogens (tertiary/aromatic N) is 2. The summed E-state index contributed by atoms with van der Waals surface area (Å²) in [7, 11) is 0. The van der Waals surface area contributed by atoms with Crippen LogP contribution >= 0.6 is 0 Å². The number of benzene rings is 1. The number of aromatic nitrogens is 1. The van der Waals surface area contributed by atoms with Gasteiger partial charge in [0.25, 0.3) is 0 Å². The van der Waals surface area contributed by atoms with Crippen molar-refractivity contribution in [3.8, 4) is 5.88 Å². The Morgan fingerprint density at radius 1 is 1.18 bits per heavy atom. The minimum Gasteiger partial charge on any atom is -0.472 e. The van der Waals surface area contributed by atoms with Gasteiger partial charge in [0, 0.05) is 18.0 Å². The van der Waals surface area contributed by atoms with E-state index in [4.69, 9.17) is 14.2 Å². The molecule has 1 aromatic carbocycles. The molecule has 1 saturated heterocycles. The highest BCUT2D eigenvalue weighted by Gasteiger charge is 2.46. The number of hydrogen-bond acceptors (Lipinski definition) is 7. The Labute approximate surface area is 231 Å². The molecule has 8 heteroatoms. The number of allylic oxidation sites excluding steroid dienone is 1. The highest BCUT2D eigenvalue weighted by molar-refractivity contribution is 5.90. The van der Waals surface area contributed by atoms with Gasteiger partial charge in [0.05, 0.1) is 32.1 Å².